The summed E-state index contributed by atoms with van der Waals surface area (Å²) in [5.41, 5.74) is 2.05. The Bertz CT molecular complexity index is 499. The van der Waals surface area contributed by atoms with Crippen LogP contribution in [-0.4, -0.2) is 22.1 Å². The molecule has 0 spiro atoms. The summed E-state index contributed by atoms with van der Waals surface area (Å²) in [7, 11) is 1.98. The van der Waals surface area contributed by atoms with Crippen LogP contribution in [0.4, 0.5) is 5.82 Å². The Labute approximate surface area is 107 Å². The summed E-state index contributed by atoms with van der Waals surface area (Å²) in [6, 6.07) is 7.70. The molecule has 0 saturated carbocycles. The Morgan fingerprint density at radius 3 is 2.61 bits per heavy atom. The van der Waals surface area contributed by atoms with E-state index in [1.54, 1.807) is 25.5 Å². The van der Waals surface area contributed by atoms with Crippen LogP contribution >= 0.6 is 0 Å². The van der Waals surface area contributed by atoms with Gasteiger partial charge >= 0.3 is 0 Å². The number of aliphatic hydroxyl groups is 1. The molecule has 0 saturated heterocycles. The summed E-state index contributed by atoms with van der Waals surface area (Å²) in [4.78, 5) is 10.4. The lowest BCUT2D eigenvalue weighted by molar-refractivity contribution is 0.199. The van der Waals surface area contributed by atoms with Crippen molar-refractivity contribution in [3.05, 3.63) is 54.0 Å². The lowest BCUT2D eigenvalue weighted by Crippen LogP contribution is -2.17. The fourth-order valence-corrected chi connectivity index (χ4v) is 1.75. The molecule has 2 rings (SSSR count). The van der Waals surface area contributed by atoms with E-state index >= 15 is 0 Å². The third-order valence-corrected chi connectivity index (χ3v) is 2.81. The van der Waals surface area contributed by atoms with Gasteiger partial charge in [-0.2, -0.15) is 0 Å². The second-order valence-corrected chi connectivity index (χ2v) is 4.33. The maximum absolute atomic E-state index is 9.57. The maximum Gasteiger partial charge on any atom is 0.128 e. The van der Waals surface area contributed by atoms with Crippen molar-refractivity contribution in [2.45, 2.75) is 19.6 Å². The van der Waals surface area contributed by atoms with Gasteiger partial charge in [0.15, 0.2) is 0 Å². The van der Waals surface area contributed by atoms with E-state index < -0.39 is 6.10 Å². The van der Waals surface area contributed by atoms with Gasteiger partial charge in [-0.05, 0) is 42.3 Å². The predicted octanol–water partition coefficient (Wildman–Crippen LogP) is 2.17. The first-order valence-corrected chi connectivity index (χ1v) is 5.91. The average molecular weight is 243 g/mol. The van der Waals surface area contributed by atoms with Gasteiger partial charge in [0, 0.05) is 32.2 Å². The zero-order valence-corrected chi connectivity index (χ0v) is 10.6. The van der Waals surface area contributed by atoms with Gasteiger partial charge < -0.3 is 10.0 Å². The molecule has 0 amide bonds. The first-order chi connectivity index (χ1) is 8.66. The molecule has 1 N–H and O–H groups in total. The minimum Gasteiger partial charge on any atom is -0.389 e. The molecular formula is C14H17N3O. The minimum absolute atomic E-state index is 0.471. The van der Waals surface area contributed by atoms with Crippen LogP contribution in [0.15, 0.2) is 42.9 Å². The van der Waals surface area contributed by atoms with Gasteiger partial charge in [-0.25, -0.2) is 4.98 Å². The van der Waals surface area contributed by atoms with E-state index in [4.69, 9.17) is 0 Å². The van der Waals surface area contributed by atoms with E-state index in [1.165, 1.54) is 5.56 Å². The van der Waals surface area contributed by atoms with Crippen molar-refractivity contribution in [3.63, 3.8) is 0 Å². The van der Waals surface area contributed by atoms with Crippen molar-refractivity contribution >= 4 is 5.82 Å². The molecule has 0 aromatic carbocycles. The normalized spacial score (nSPS) is 12.2. The van der Waals surface area contributed by atoms with E-state index in [1.807, 2.05) is 36.2 Å². The zero-order valence-electron chi connectivity index (χ0n) is 10.6. The number of nitrogens with zero attached hydrogens (tertiary/aromatic N) is 3. The highest BCUT2D eigenvalue weighted by atomic mass is 16.3. The fourth-order valence-electron chi connectivity index (χ4n) is 1.75. The molecule has 4 nitrogen and oxygen atoms in total. The molecule has 4 heteroatoms. The predicted molar refractivity (Wildman–Crippen MR) is 71.2 cm³/mol. The van der Waals surface area contributed by atoms with Gasteiger partial charge in [0.05, 0.1) is 6.10 Å². The van der Waals surface area contributed by atoms with Crippen molar-refractivity contribution < 1.29 is 5.11 Å². The van der Waals surface area contributed by atoms with Gasteiger partial charge in [-0.3, -0.25) is 4.98 Å². The summed E-state index contributed by atoms with van der Waals surface area (Å²) < 4.78 is 0. The Kier molecular flexibility index (Phi) is 3.89. The third kappa shape index (κ3) is 3.05. The highest BCUT2D eigenvalue weighted by molar-refractivity contribution is 5.41. The summed E-state index contributed by atoms with van der Waals surface area (Å²) in [6.45, 7) is 2.51. The van der Waals surface area contributed by atoms with Crippen LogP contribution in [0.25, 0.3) is 0 Å². The SMILES string of the molecule is C[C@@H](O)c1ccnc(N(C)Cc2ccncc2)c1. The van der Waals surface area contributed by atoms with Gasteiger partial charge in [-0.15, -0.1) is 0 Å². The Hall–Kier alpha value is -1.94. The van der Waals surface area contributed by atoms with Crippen LogP contribution < -0.4 is 4.90 Å². The molecule has 0 fully saturated rings. The third-order valence-electron chi connectivity index (χ3n) is 2.81. The standard InChI is InChI=1S/C14H17N3O/c1-11(18)13-5-8-16-14(9-13)17(2)10-12-3-6-15-7-4-12/h3-9,11,18H,10H2,1-2H3/t11-/m1/s1. The van der Waals surface area contributed by atoms with Crippen LogP contribution in [0.5, 0.6) is 0 Å². The van der Waals surface area contributed by atoms with Crippen molar-refractivity contribution in [2.24, 2.45) is 0 Å². The average Bonchev–Trinajstić information content (AvgIpc) is 2.40. The number of rotatable bonds is 4. The van der Waals surface area contributed by atoms with Gasteiger partial charge in [-0.1, -0.05) is 0 Å². The Balaban J connectivity index is 2.14. The lowest BCUT2D eigenvalue weighted by atomic mass is 10.1. The molecule has 0 aliphatic rings. The highest BCUT2D eigenvalue weighted by Gasteiger charge is 2.06. The molecule has 0 aliphatic heterocycles. The van der Waals surface area contributed by atoms with Crippen molar-refractivity contribution in [1.29, 1.82) is 0 Å². The molecule has 2 heterocycles. The summed E-state index contributed by atoms with van der Waals surface area (Å²) in [6.07, 6.45) is 4.81. The molecule has 1 atom stereocenters. The van der Waals surface area contributed by atoms with E-state index in [0.29, 0.717) is 0 Å². The smallest absolute Gasteiger partial charge is 0.128 e. The minimum atomic E-state index is -0.471. The number of hydrogen-bond donors (Lipinski definition) is 1. The molecule has 94 valence electrons. The van der Waals surface area contributed by atoms with E-state index in [2.05, 4.69) is 9.97 Å². The largest absolute Gasteiger partial charge is 0.389 e. The quantitative estimate of drug-likeness (QED) is 0.894. The molecule has 18 heavy (non-hydrogen) atoms. The zero-order chi connectivity index (χ0) is 13.0. The Morgan fingerprint density at radius 1 is 1.22 bits per heavy atom. The number of aliphatic hydroxyl groups excluding tert-OH is 1. The first-order valence-electron chi connectivity index (χ1n) is 5.91. The number of hydrogen-bond acceptors (Lipinski definition) is 4. The molecule has 0 radical (unpaired) electrons. The topological polar surface area (TPSA) is 49.3 Å². The maximum atomic E-state index is 9.57. The first kappa shape index (κ1) is 12.5. The molecule has 0 bridgehead atoms. The lowest BCUT2D eigenvalue weighted by Gasteiger charge is -2.19. The summed E-state index contributed by atoms with van der Waals surface area (Å²) in [5, 5.41) is 9.57. The van der Waals surface area contributed by atoms with Crippen LogP contribution in [0.2, 0.25) is 0 Å². The highest BCUT2D eigenvalue weighted by Crippen LogP contribution is 2.18. The number of anilines is 1. The van der Waals surface area contributed by atoms with Gasteiger partial charge in [0.1, 0.15) is 5.82 Å². The molecule has 2 aromatic heterocycles. The molecule has 0 unspecified atom stereocenters. The van der Waals surface area contributed by atoms with Crippen LogP contribution in [0.1, 0.15) is 24.2 Å². The van der Waals surface area contributed by atoms with E-state index in [0.717, 1.165) is 17.9 Å². The molecule has 0 aliphatic carbocycles. The van der Waals surface area contributed by atoms with Crippen LogP contribution in [0, 0.1) is 0 Å². The van der Waals surface area contributed by atoms with Crippen molar-refractivity contribution in [1.82, 2.24) is 9.97 Å². The fraction of sp³-hybridized carbons (Fsp3) is 0.286. The number of aromatic nitrogens is 2. The number of pyridine rings is 2. The Morgan fingerprint density at radius 2 is 1.94 bits per heavy atom. The molecular weight excluding hydrogens is 226 g/mol. The second-order valence-electron chi connectivity index (χ2n) is 4.33. The summed E-state index contributed by atoms with van der Waals surface area (Å²) >= 11 is 0. The van der Waals surface area contributed by atoms with E-state index in [9.17, 15) is 5.11 Å². The second kappa shape index (κ2) is 5.60. The monoisotopic (exact) mass is 243 g/mol. The van der Waals surface area contributed by atoms with E-state index in [-0.39, 0.29) is 0 Å². The van der Waals surface area contributed by atoms with Gasteiger partial charge in [0.2, 0.25) is 0 Å². The summed E-state index contributed by atoms with van der Waals surface area (Å²) in [5.74, 6) is 0.852. The van der Waals surface area contributed by atoms with Crippen molar-refractivity contribution in [2.75, 3.05) is 11.9 Å². The van der Waals surface area contributed by atoms with Crippen LogP contribution in [0.3, 0.4) is 0 Å². The van der Waals surface area contributed by atoms with Gasteiger partial charge in [0.25, 0.3) is 0 Å². The van der Waals surface area contributed by atoms with Crippen molar-refractivity contribution in [3.8, 4) is 0 Å². The van der Waals surface area contributed by atoms with Crippen LogP contribution in [-0.2, 0) is 6.54 Å². The molecule has 2 aromatic rings.